The van der Waals surface area contributed by atoms with Crippen LogP contribution in [0.15, 0.2) is 12.1 Å². The van der Waals surface area contributed by atoms with Crippen molar-refractivity contribution in [2.75, 3.05) is 6.54 Å². The van der Waals surface area contributed by atoms with Gasteiger partial charge < -0.3 is 5.73 Å². The third kappa shape index (κ3) is 2.71. The Bertz CT molecular complexity index is 294. The summed E-state index contributed by atoms with van der Waals surface area (Å²) in [5.41, 5.74) is 9.22. The van der Waals surface area contributed by atoms with Crippen LogP contribution in [0.1, 0.15) is 23.1 Å². The van der Waals surface area contributed by atoms with Crippen LogP contribution in [0.3, 0.4) is 0 Å². The van der Waals surface area contributed by atoms with Gasteiger partial charge in [-0.1, -0.05) is 17.7 Å². The van der Waals surface area contributed by atoms with Crippen molar-refractivity contribution in [1.82, 2.24) is 0 Å². The highest BCUT2D eigenvalue weighted by Gasteiger charge is 2.03. The Morgan fingerprint density at radius 2 is 2.00 bits per heavy atom. The topological polar surface area (TPSA) is 26.0 Å². The molecule has 2 heteroatoms. The van der Waals surface area contributed by atoms with Crippen LogP contribution in [0.2, 0.25) is 5.02 Å². The molecule has 0 atom stereocenters. The molecule has 13 heavy (non-hydrogen) atoms. The fraction of sp³-hybridized carbons (Fsp3) is 0.455. The molecule has 0 bridgehead atoms. The van der Waals surface area contributed by atoms with Crippen molar-refractivity contribution in [3.8, 4) is 0 Å². The normalized spacial score (nSPS) is 10.5. The van der Waals surface area contributed by atoms with Crippen molar-refractivity contribution in [3.63, 3.8) is 0 Å². The lowest BCUT2D eigenvalue weighted by Gasteiger charge is -2.08. The van der Waals surface area contributed by atoms with E-state index in [-0.39, 0.29) is 0 Å². The van der Waals surface area contributed by atoms with Gasteiger partial charge >= 0.3 is 0 Å². The molecule has 0 aromatic heterocycles. The molecule has 0 aliphatic rings. The van der Waals surface area contributed by atoms with Crippen LogP contribution in [0.4, 0.5) is 0 Å². The minimum atomic E-state index is 0.741. The van der Waals surface area contributed by atoms with Gasteiger partial charge in [-0.3, -0.25) is 0 Å². The first-order valence-electron chi connectivity index (χ1n) is 4.61. The van der Waals surface area contributed by atoms with Gasteiger partial charge in [-0.2, -0.15) is 0 Å². The smallest absolute Gasteiger partial charge is 0.0440 e. The van der Waals surface area contributed by atoms with Crippen LogP contribution in [0, 0.1) is 13.8 Å². The standard InChI is InChI=1S/C11H16ClN/c1-8-6-10(4-3-5-13)9(2)11(12)7-8/h6-7H,3-5,13H2,1-2H3. The monoisotopic (exact) mass is 197 g/mol. The fourth-order valence-corrected chi connectivity index (χ4v) is 1.73. The van der Waals surface area contributed by atoms with E-state index < -0.39 is 0 Å². The van der Waals surface area contributed by atoms with Gasteiger partial charge in [-0.25, -0.2) is 0 Å². The van der Waals surface area contributed by atoms with Crippen molar-refractivity contribution >= 4 is 11.6 Å². The molecule has 0 saturated heterocycles. The second-order valence-electron chi connectivity index (χ2n) is 3.42. The number of rotatable bonds is 3. The summed E-state index contributed by atoms with van der Waals surface area (Å²) in [6.45, 7) is 4.87. The van der Waals surface area contributed by atoms with Crippen LogP contribution in [-0.4, -0.2) is 6.54 Å². The summed E-state index contributed by atoms with van der Waals surface area (Å²) in [5, 5.41) is 0.868. The summed E-state index contributed by atoms with van der Waals surface area (Å²) in [6.07, 6.45) is 2.06. The van der Waals surface area contributed by atoms with E-state index in [9.17, 15) is 0 Å². The van der Waals surface area contributed by atoms with Crippen LogP contribution in [0.5, 0.6) is 0 Å². The molecule has 1 aromatic rings. The Morgan fingerprint density at radius 3 is 2.62 bits per heavy atom. The molecule has 0 unspecified atom stereocenters. The SMILES string of the molecule is Cc1cc(Cl)c(C)c(CCCN)c1. The molecule has 1 rings (SSSR count). The van der Waals surface area contributed by atoms with Gasteiger partial charge in [0.05, 0.1) is 0 Å². The van der Waals surface area contributed by atoms with Gasteiger partial charge in [0.2, 0.25) is 0 Å². The number of aryl methyl sites for hydroxylation is 2. The Labute approximate surface area is 84.9 Å². The molecule has 2 N–H and O–H groups in total. The molecule has 0 spiro atoms. The summed E-state index contributed by atoms with van der Waals surface area (Å²) in [5.74, 6) is 0. The van der Waals surface area contributed by atoms with Crippen molar-refractivity contribution in [3.05, 3.63) is 33.8 Å². The van der Waals surface area contributed by atoms with Gasteiger partial charge in [0.1, 0.15) is 0 Å². The third-order valence-corrected chi connectivity index (χ3v) is 2.64. The minimum Gasteiger partial charge on any atom is -0.330 e. The van der Waals surface area contributed by atoms with Crippen LogP contribution < -0.4 is 5.73 Å². The van der Waals surface area contributed by atoms with E-state index >= 15 is 0 Å². The quantitative estimate of drug-likeness (QED) is 0.793. The number of benzene rings is 1. The van der Waals surface area contributed by atoms with E-state index in [0.717, 1.165) is 24.4 Å². The molecule has 1 nitrogen and oxygen atoms in total. The van der Waals surface area contributed by atoms with Gasteiger partial charge in [-0.15, -0.1) is 0 Å². The minimum absolute atomic E-state index is 0.741. The van der Waals surface area contributed by atoms with Crippen LogP contribution in [0.25, 0.3) is 0 Å². The number of halogens is 1. The maximum atomic E-state index is 6.07. The summed E-state index contributed by atoms with van der Waals surface area (Å²) in [7, 11) is 0. The van der Waals surface area contributed by atoms with Crippen LogP contribution in [-0.2, 0) is 6.42 Å². The van der Waals surface area contributed by atoms with Gasteiger partial charge in [0.25, 0.3) is 0 Å². The van der Waals surface area contributed by atoms with E-state index in [1.54, 1.807) is 0 Å². The first kappa shape index (κ1) is 10.6. The fourth-order valence-electron chi connectivity index (χ4n) is 1.44. The Kier molecular flexibility index (Phi) is 3.76. The van der Waals surface area contributed by atoms with Gasteiger partial charge in [0.15, 0.2) is 0 Å². The second kappa shape index (κ2) is 4.64. The Hall–Kier alpha value is -0.530. The molecule has 0 aliphatic carbocycles. The molecular formula is C11H16ClN. The lowest BCUT2D eigenvalue weighted by atomic mass is 10.0. The highest BCUT2D eigenvalue weighted by atomic mass is 35.5. The molecule has 0 saturated carbocycles. The average molecular weight is 198 g/mol. The first-order valence-corrected chi connectivity index (χ1v) is 4.98. The first-order chi connectivity index (χ1) is 6.15. The Balaban J connectivity index is 2.92. The summed E-state index contributed by atoms with van der Waals surface area (Å²) in [6, 6.07) is 4.19. The molecule has 0 radical (unpaired) electrons. The van der Waals surface area contributed by atoms with Gasteiger partial charge in [-0.05, 0) is 56.0 Å². The van der Waals surface area contributed by atoms with Gasteiger partial charge in [0, 0.05) is 5.02 Å². The van der Waals surface area contributed by atoms with E-state index in [2.05, 4.69) is 19.9 Å². The molecular weight excluding hydrogens is 182 g/mol. The van der Waals surface area contributed by atoms with Crippen molar-refractivity contribution in [1.29, 1.82) is 0 Å². The van der Waals surface area contributed by atoms with E-state index in [1.165, 1.54) is 16.7 Å². The summed E-state index contributed by atoms with van der Waals surface area (Å²) in [4.78, 5) is 0. The van der Waals surface area contributed by atoms with Crippen molar-refractivity contribution in [2.45, 2.75) is 26.7 Å². The summed E-state index contributed by atoms with van der Waals surface area (Å²) >= 11 is 6.07. The molecule has 72 valence electrons. The van der Waals surface area contributed by atoms with Crippen molar-refractivity contribution in [2.24, 2.45) is 5.73 Å². The molecule has 1 aromatic carbocycles. The average Bonchev–Trinajstić information content (AvgIpc) is 2.09. The van der Waals surface area contributed by atoms with E-state index in [4.69, 9.17) is 17.3 Å². The Morgan fingerprint density at radius 1 is 1.31 bits per heavy atom. The lowest BCUT2D eigenvalue weighted by Crippen LogP contribution is -2.01. The molecule has 0 amide bonds. The highest BCUT2D eigenvalue weighted by molar-refractivity contribution is 6.31. The highest BCUT2D eigenvalue weighted by Crippen LogP contribution is 2.22. The molecule has 0 aliphatic heterocycles. The second-order valence-corrected chi connectivity index (χ2v) is 3.83. The predicted molar refractivity (Wildman–Crippen MR) is 58.3 cm³/mol. The molecule has 0 heterocycles. The van der Waals surface area contributed by atoms with Crippen molar-refractivity contribution < 1.29 is 0 Å². The molecule has 0 fully saturated rings. The summed E-state index contributed by atoms with van der Waals surface area (Å²) < 4.78 is 0. The largest absolute Gasteiger partial charge is 0.330 e. The third-order valence-electron chi connectivity index (χ3n) is 2.25. The van der Waals surface area contributed by atoms with E-state index in [1.807, 2.05) is 6.07 Å². The zero-order valence-electron chi connectivity index (χ0n) is 8.23. The van der Waals surface area contributed by atoms with E-state index in [0.29, 0.717) is 0 Å². The zero-order valence-corrected chi connectivity index (χ0v) is 8.99. The number of hydrogen-bond donors (Lipinski definition) is 1. The maximum Gasteiger partial charge on any atom is 0.0440 e. The number of nitrogens with two attached hydrogens (primary N) is 1. The number of hydrogen-bond acceptors (Lipinski definition) is 1. The van der Waals surface area contributed by atoms with Crippen LogP contribution >= 0.6 is 11.6 Å². The predicted octanol–water partition coefficient (Wildman–Crippen LogP) is 2.85. The maximum absolute atomic E-state index is 6.07. The lowest BCUT2D eigenvalue weighted by molar-refractivity contribution is 0.827. The zero-order chi connectivity index (χ0) is 9.84.